The maximum Gasteiger partial charge on any atom is 0.220 e. The molecule has 3 nitrogen and oxygen atoms in total. The molecule has 0 aliphatic rings. The Balaban J connectivity index is 2.34. The van der Waals surface area contributed by atoms with Crippen molar-refractivity contribution in [2.24, 2.45) is 17.6 Å². The van der Waals surface area contributed by atoms with Crippen LogP contribution in [0.2, 0.25) is 0 Å². The molecule has 1 aromatic heterocycles. The van der Waals surface area contributed by atoms with Gasteiger partial charge in [-0.1, -0.05) is 19.9 Å². The van der Waals surface area contributed by atoms with Crippen LogP contribution < -0.4 is 11.1 Å². The Morgan fingerprint density at radius 1 is 1.37 bits per heavy atom. The molecule has 0 saturated heterocycles. The number of carbonyl (C=O) groups excluding carboxylic acids is 1. The molecule has 0 saturated carbocycles. The van der Waals surface area contributed by atoms with E-state index in [0.717, 1.165) is 12.8 Å². The molecule has 0 spiro atoms. The summed E-state index contributed by atoms with van der Waals surface area (Å²) in [6.45, 7) is 7.14. The van der Waals surface area contributed by atoms with Crippen molar-refractivity contribution >= 4 is 17.2 Å². The van der Waals surface area contributed by atoms with Crippen LogP contribution in [0.25, 0.3) is 0 Å². The molecule has 0 fully saturated rings. The van der Waals surface area contributed by atoms with Crippen LogP contribution in [0.1, 0.15) is 51.0 Å². The zero-order valence-electron chi connectivity index (χ0n) is 12.2. The zero-order valence-corrected chi connectivity index (χ0v) is 13.0. The van der Waals surface area contributed by atoms with Gasteiger partial charge in [0.15, 0.2) is 0 Å². The minimum absolute atomic E-state index is 0.111. The van der Waals surface area contributed by atoms with Gasteiger partial charge in [-0.05, 0) is 49.6 Å². The molecular weight excluding hydrogens is 256 g/mol. The summed E-state index contributed by atoms with van der Waals surface area (Å²) in [5.74, 6) is 1.28. The molecule has 0 aliphatic carbocycles. The number of nitrogens with two attached hydrogens (primary N) is 1. The lowest BCUT2D eigenvalue weighted by atomic mass is 9.88. The van der Waals surface area contributed by atoms with Crippen molar-refractivity contribution in [3.63, 3.8) is 0 Å². The van der Waals surface area contributed by atoms with E-state index in [4.69, 9.17) is 5.73 Å². The average Bonchev–Trinajstić information content (AvgIpc) is 2.87. The van der Waals surface area contributed by atoms with Gasteiger partial charge in [0, 0.05) is 11.3 Å². The highest BCUT2D eigenvalue weighted by atomic mass is 32.1. The van der Waals surface area contributed by atoms with Gasteiger partial charge in [0.1, 0.15) is 0 Å². The molecular formula is C15H26N2OS. The standard InChI is InChI=1S/C15H26N2OS/c1-11(2)13(8-9-16)6-7-15(18)17-12(3)14-5-4-10-19-14/h4-5,10-13H,6-9,16H2,1-3H3,(H,17,18)/t12-,13?/m0/s1. The highest BCUT2D eigenvalue weighted by molar-refractivity contribution is 7.10. The van der Waals surface area contributed by atoms with Gasteiger partial charge in [-0.2, -0.15) is 0 Å². The Hall–Kier alpha value is -0.870. The molecule has 1 unspecified atom stereocenters. The Morgan fingerprint density at radius 2 is 2.11 bits per heavy atom. The van der Waals surface area contributed by atoms with Gasteiger partial charge in [0.2, 0.25) is 5.91 Å². The molecule has 1 heterocycles. The maximum atomic E-state index is 11.9. The minimum Gasteiger partial charge on any atom is -0.349 e. The van der Waals surface area contributed by atoms with Crippen molar-refractivity contribution in [1.82, 2.24) is 5.32 Å². The molecule has 1 aromatic rings. The predicted octanol–water partition coefficient (Wildman–Crippen LogP) is 3.33. The van der Waals surface area contributed by atoms with Crippen LogP contribution in [-0.4, -0.2) is 12.5 Å². The van der Waals surface area contributed by atoms with Crippen molar-refractivity contribution in [3.8, 4) is 0 Å². The quantitative estimate of drug-likeness (QED) is 0.768. The van der Waals surface area contributed by atoms with Crippen molar-refractivity contribution in [1.29, 1.82) is 0 Å². The maximum absolute atomic E-state index is 11.9. The minimum atomic E-state index is 0.111. The lowest BCUT2D eigenvalue weighted by Gasteiger charge is -2.20. The second kappa shape index (κ2) is 8.33. The lowest BCUT2D eigenvalue weighted by molar-refractivity contribution is -0.122. The first-order valence-electron chi connectivity index (χ1n) is 7.07. The van der Waals surface area contributed by atoms with Gasteiger partial charge in [-0.25, -0.2) is 0 Å². The Labute approximate surface area is 120 Å². The van der Waals surface area contributed by atoms with Gasteiger partial charge >= 0.3 is 0 Å². The van der Waals surface area contributed by atoms with Crippen molar-refractivity contribution in [2.75, 3.05) is 6.54 Å². The molecule has 0 aliphatic heterocycles. The fourth-order valence-corrected chi connectivity index (χ4v) is 3.00. The third-order valence-electron chi connectivity index (χ3n) is 3.57. The average molecular weight is 282 g/mol. The largest absolute Gasteiger partial charge is 0.349 e. The van der Waals surface area contributed by atoms with E-state index in [2.05, 4.69) is 25.2 Å². The van der Waals surface area contributed by atoms with Crippen LogP contribution in [0, 0.1) is 11.8 Å². The van der Waals surface area contributed by atoms with Crippen LogP contribution in [-0.2, 0) is 4.79 Å². The molecule has 19 heavy (non-hydrogen) atoms. The van der Waals surface area contributed by atoms with E-state index in [0.29, 0.717) is 24.8 Å². The number of rotatable bonds is 8. The Morgan fingerprint density at radius 3 is 2.63 bits per heavy atom. The fraction of sp³-hybridized carbons (Fsp3) is 0.667. The number of hydrogen-bond acceptors (Lipinski definition) is 3. The van der Waals surface area contributed by atoms with E-state index in [1.165, 1.54) is 4.88 Å². The summed E-state index contributed by atoms with van der Waals surface area (Å²) in [6.07, 6.45) is 2.53. The Bertz CT molecular complexity index is 362. The number of amides is 1. The highest BCUT2D eigenvalue weighted by Crippen LogP contribution is 2.21. The molecule has 1 amide bonds. The van der Waals surface area contributed by atoms with Crippen molar-refractivity contribution in [2.45, 2.75) is 46.1 Å². The molecule has 108 valence electrons. The van der Waals surface area contributed by atoms with Gasteiger partial charge in [-0.15, -0.1) is 11.3 Å². The van der Waals surface area contributed by atoms with E-state index in [9.17, 15) is 4.79 Å². The van der Waals surface area contributed by atoms with Crippen LogP contribution in [0.3, 0.4) is 0 Å². The summed E-state index contributed by atoms with van der Waals surface area (Å²) in [6, 6.07) is 4.18. The van der Waals surface area contributed by atoms with E-state index in [-0.39, 0.29) is 11.9 Å². The molecule has 1 rings (SSSR count). The summed E-state index contributed by atoms with van der Waals surface area (Å²) in [5, 5.41) is 5.09. The summed E-state index contributed by atoms with van der Waals surface area (Å²) in [5.41, 5.74) is 5.62. The SMILES string of the molecule is CC(C)C(CCN)CCC(=O)N[C@@H](C)c1cccs1. The smallest absolute Gasteiger partial charge is 0.220 e. The molecule has 2 atom stereocenters. The molecule has 0 radical (unpaired) electrons. The first-order chi connectivity index (χ1) is 9.04. The highest BCUT2D eigenvalue weighted by Gasteiger charge is 2.16. The molecule has 3 N–H and O–H groups in total. The van der Waals surface area contributed by atoms with Gasteiger partial charge in [0.25, 0.3) is 0 Å². The second-order valence-electron chi connectivity index (χ2n) is 5.42. The van der Waals surface area contributed by atoms with Crippen LogP contribution in [0.15, 0.2) is 17.5 Å². The van der Waals surface area contributed by atoms with Crippen LogP contribution >= 0.6 is 11.3 Å². The number of thiophene rings is 1. The number of nitrogens with one attached hydrogen (secondary N) is 1. The van der Waals surface area contributed by atoms with E-state index < -0.39 is 0 Å². The summed E-state index contributed by atoms with van der Waals surface area (Å²) in [4.78, 5) is 13.1. The zero-order chi connectivity index (χ0) is 14.3. The summed E-state index contributed by atoms with van der Waals surface area (Å²) < 4.78 is 0. The first-order valence-corrected chi connectivity index (χ1v) is 7.95. The van der Waals surface area contributed by atoms with E-state index in [1.54, 1.807) is 11.3 Å². The van der Waals surface area contributed by atoms with E-state index >= 15 is 0 Å². The fourth-order valence-electron chi connectivity index (χ4n) is 2.26. The molecule has 4 heteroatoms. The topological polar surface area (TPSA) is 55.1 Å². The van der Waals surface area contributed by atoms with Crippen molar-refractivity contribution < 1.29 is 4.79 Å². The van der Waals surface area contributed by atoms with Gasteiger partial charge < -0.3 is 11.1 Å². The van der Waals surface area contributed by atoms with Crippen LogP contribution in [0.4, 0.5) is 0 Å². The van der Waals surface area contributed by atoms with Crippen molar-refractivity contribution in [3.05, 3.63) is 22.4 Å². The Kier molecular flexibility index (Phi) is 7.10. The first kappa shape index (κ1) is 16.2. The number of hydrogen-bond donors (Lipinski definition) is 2. The number of carbonyl (C=O) groups is 1. The molecule has 0 aromatic carbocycles. The second-order valence-corrected chi connectivity index (χ2v) is 6.40. The predicted molar refractivity (Wildman–Crippen MR) is 82.1 cm³/mol. The monoisotopic (exact) mass is 282 g/mol. The molecule has 0 bridgehead atoms. The van der Waals surface area contributed by atoms with Gasteiger partial charge in [-0.3, -0.25) is 4.79 Å². The van der Waals surface area contributed by atoms with Gasteiger partial charge in [0.05, 0.1) is 6.04 Å². The van der Waals surface area contributed by atoms with E-state index in [1.807, 2.05) is 18.4 Å². The lowest BCUT2D eigenvalue weighted by Crippen LogP contribution is -2.27. The third-order valence-corrected chi connectivity index (χ3v) is 4.62. The van der Waals surface area contributed by atoms with Crippen LogP contribution in [0.5, 0.6) is 0 Å². The normalized spacial score (nSPS) is 14.4. The third kappa shape index (κ3) is 5.74. The summed E-state index contributed by atoms with van der Waals surface area (Å²) >= 11 is 1.68. The summed E-state index contributed by atoms with van der Waals surface area (Å²) in [7, 11) is 0.